The number of carboxylic acid groups (broad SMARTS) is 2. The van der Waals surface area contributed by atoms with Crippen LogP contribution < -0.4 is 0 Å². The van der Waals surface area contributed by atoms with Gasteiger partial charge in [-0.2, -0.15) is 5.12 Å². The molecule has 0 heterocycles. The van der Waals surface area contributed by atoms with Crippen molar-refractivity contribution in [3.63, 3.8) is 0 Å². The van der Waals surface area contributed by atoms with Crippen LogP contribution in [0, 0.1) is 0 Å². The average Bonchev–Trinajstić information content (AvgIpc) is 2.38. The zero-order valence-corrected chi connectivity index (χ0v) is 10.3. The summed E-state index contributed by atoms with van der Waals surface area (Å²) in [6.45, 7) is 0. The highest BCUT2D eigenvalue weighted by molar-refractivity contribution is 5.95. The van der Waals surface area contributed by atoms with E-state index in [1.807, 2.05) is 0 Å². The Balaban J connectivity index is 0.00000361. The van der Waals surface area contributed by atoms with Crippen LogP contribution in [0.15, 0.2) is 30.3 Å². The molecule has 1 aromatic carbocycles. The topological polar surface area (TPSA) is 126 Å². The molecule has 8 heteroatoms. The Morgan fingerprint density at radius 2 is 1.70 bits per heavy atom. The number of hydrogen-bond donors (Lipinski definition) is 2. The van der Waals surface area contributed by atoms with Crippen LogP contribution in [0.3, 0.4) is 0 Å². The maximum Gasteiger partial charge on any atom is 0.329 e. The molecule has 4 N–H and O–H groups in total. The first-order chi connectivity index (χ1) is 8.93. The Bertz CT molecular complexity index is 478. The third kappa shape index (κ3) is 4.65. The summed E-state index contributed by atoms with van der Waals surface area (Å²) in [5.41, 5.74) is -0.00780. The lowest BCUT2D eigenvalue weighted by molar-refractivity contribution is -0.149. The summed E-state index contributed by atoms with van der Waals surface area (Å²) in [6.07, 6.45) is -1.04. The molecule has 0 aliphatic heterocycles. The molecule has 0 bridgehead atoms. The molecule has 0 aliphatic rings. The summed E-state index contributed by atoms with van der Waals surface area (Å²) in [6, 6.07) is 5.50. The Morgan fingerprint density at radius 3 is 2.15 bits per heavy atom. The van der Waals surface area contributed by atoms with Crippen LogP contribution in [-0.4, -0.2) is 44.7 Å². The zero-order chi connectivity index (χ0) is 14.4. The first-order valence-electron chi connectivity index (χ1n) is 5.42. The van der Waals surface area contributed by atoms with E-state index in [0.717, 1.165) is 0 Å². The lowest BCUT2D eigenvalue weighted by atomic mass is 10.1. The van der Waals surface area contributed by atoms with E-state index in [-0.39, 0.29) is 11.0 Å². The van der Waals surface area contributed by atoms with Crippen LogP contribution in [0.4, 0.5) is 4.48 Å². The smallest absolute Gasteiger partial charge is 0.329 e. The fraction of sp³-hybridized carbons (Fsp3) is 0.250. The minimum absolute atomic E-state index is 0. The van der Waals surface area contributed by atoms with Crippen molar-refractivity contribution < 1.29 is 34.6 Å². The van der Waals surface area contributed by atoms with E-state index >= 15 is 0 Å². The van der Waals surface area contributed by atoms with Gasteiger partial charge in [0.05, 0.1) is 0 Å². The molecule has 0 spiro atoms. The third-order valence-electron chi connectivity index (χ3n) is 2.41. The molecule has 0 saturated carbocycles. The van der Waals surface area contributed by atoms with Gasteiger partial charge in [0.2, 0.25) is 0 Å². The van der Waals surface area contributed by atoms with Gasteiger partial charge in [0.25, 0.3) is 5.91 Å². The van der Waals surface area contributed by atoms with E-state index < -0.39 is 41.9 Å². The minimum atomic E-state index is -1.82. The number of carbonyl (C=O) groups excluding carboxylic acids is 1. The minimum Gasteiger partial charge on any atom is -0.481 e. The average molecular weight is 287 g/mol. The third-order valence-corrected chi connectivity index (χ3v) is 2.41. The Kier molecular flexibility index (Phi) is 6.87. The molecule has 7 nitrogen and oxygen atoms in total. The standard InChI is InChI=1S/C12H12FNO5.H2O/c13-14(9(12(18)19)6-7-10(15)16)11(17)8-4-2-1-3-5-8;/h1-5,9H,6-7H2,(H,15,16)(H,18,19);1H2/t9-;/m0./s1. The maximum atomic E-state index is 13.8. The Morgan fingerprint density at radius 1 is 1.15 bits per heavy atom. The second-order valence-electron chi connectivity index (χ2n) is 3.77. The molecule has 0 unspecified atom stereocenters. The predicted octanol–water partition coefficient (Wildman–Crippen LogP) is 0.507. The summed E-state index contributed by atoms with van der Waals surface area (Å²) in [7, 11) is 0. The van der Waals surface area contributed by atoms with Crippen LogP contribution in [0.2, 0.25) is 0 Å². The van der Waals surface area contributed by atoms with Gasteiger partial charge in [-0.05, 0) is 18.6 Å². The molecule has 0 radical (unpaired) electrons. The number of aliphatic carboxylic acids is 2. The highest BCUT2D eigenvalue weighted by atomic mass is 19.2. The van der Waals surface area contributed by atoms with Crippen LogP contribution >= 0.6 is 0 Å². The van der Waals surface area contributed by atoms with Crippen molar-refractivity contribution in [3.05, 3.63) is 35.9 Å². The summed E-state index contributed by atoms with van der Waals surface area (Å²) >= 11 is 0. The van der Waals surface area contributed by atoms with E-state index in [1.165, 1.54) is 24.3 Å². The van der Waals surface area contributed by atoms with Gasteiger partial charge in [-0.3, -0.25) is 9.59 Å². The van der Waals surface area contributed by atoms with E-state index in [4.69, 9.17) is 10.2 Å². The lowest BCUT2D eigenvalue weighted by Crippen LogP contribution is -2.40. The van der Waals surface area contributed by atoms with Crippen molar-refractivity contribution >= 4 is 17.8 Å². The quantitative estimate of drug-likeness (QED) is 0.737. The lowest BCUT2D eigenvalue weighted by Gasteiger charge is -2.19. The highest BCUT2D eigenvalue weighted by Gasteiger charge is 2.31. The molecule has 1 rings (SSSR count). The largest absolute Gasteiger partial charge is 0.481 e. The van der Waals surface area contributed by atoms with E-state index in [2.05, 4.69) is 0 Å². The molecule has 20 heavy (non-hydrogen) atoms. The van der Waals surface area contributed by atoms with Crippen molar-refractivity contribution in [3.8, 4) is 0 Å². The summed E-state index contributed by atoms with van der Waals surface area (Å²) in [5.74, 6) is -3.96. The van der Waals surface area contributed by atoms with Gasteiger partial charge in [0.15, 0.2) is 6.04 Å². The summed E-state index contributed by atoms with van der Waals surface area (Å²) < 4.78 is 13.8. The van der Waals surface area contributed by atoms with E-state index in [9.17, 15) is 18.9 Å². The number of halogens is 1. The monoisotopic (exact) mass is 287 g/mol. The number of amides is 1. The fourth-order valence-corrected chi connectivity index (χ4v) is 1.44. The zero-order valence-electron chi connectivity index (χ0n) is 10.3. The number of hydrogen-bond acceptors (Lipinski definition) is 3. The summed E-state index contributed by atoms with van der Waals surface area (Å²) in [5, 5.41) is 16.8. The second-order valence-corrected chi connectivity index (χ2v) is 3.77. The van der Waals surface area contributed by atoms with Gasteiger partial charge in [0.1, 0.15) is 0 Å². The van der Waals surface area contributed by atoms with Crippen molar-refractivity contribution in [2.24, 2.45) is 0 Å². The normalized spacial score (nSPS) is 11.1. The van der Waals surface area contributed by atoms with Gasteiger partial charge in [-0.15, -0.1) is 0 Å². The Hall–Kier alpha value is -2.48. The number of carbonyl (C=O) groups is 3. The van der Waals surface area contributed by atoms with Crippen molar-refractivity contribution in [1.82, 2.24) is 5.12 Å². The van der Waals surface area contributed by atoms with Crippen molar-refractivity contribution in [1.29, 1.82) is 0 Å². The summed E-state index contributed by atoms with van der Waals surface area (Å²) in [4.78, 5) is 32.9. The van der Waals surface area contributed by atoms with E-state index in [1.54, 1.807) is 6.07 Å². The number of carboxylic acids is 2. The molecule has 1 aromatic rings. The number of rotatable bonds is 6. The van der Waals surface area contributed by atoms with Gasteiger partial charge >= 0.3 is 11.9 Å². The van der Waals surface area contributed by atoms with Gasteiger partial charge < -0.3 is 15.7 Å². The molecule has 110 valence electrons. The molecular formula is C12H14FNO6. The molecule has 0 fully saturated rings. The van der Waals surface area contributed by atoms with Gasteiger partial charge in [-0.1, -0.05) is 22.7 Å². The van der Waals surface area contributed by atoms with Crippen molar-refractivity contribution in [2.75, 3.05) is 0 Å². The predicted molar refractivity (Wildman–Crippen MR) is 65.6 cm³/mol. The van der Waals surface area contributed by atoms with Crippen LogP contribution in [0.5, 0.6) is 0 Å². The van der Waals surface area contributed by atoms with E-state index in [0.29, 0.717) is 0 Å². The first-order valence-corrected chi connectivity index (χ1v) is 5.42. The molecule has 0 aliphatic carbocycles. The van der Waals surface area contributed by atoms with Crippen LogP contribution in [-0.2, 0) is 9.59 Å². The van der Waals surface area contributed by atoms with Crippen LogP contribution in [0.1, 0.15) is 23.2 Å². The Labute approximate surface area is 113 Å². The first kappa shape index (κ1) is 17.5. The second kappa shape index (κ2) is 7.85. The molecule has 1 amide bonds. The fourth-order valence-electron chi connectivity index (χ4n) is 1.44. The molecule has 0 saturated heterocycles. The van der Waals surface area contributed by atoms with Gasteiger partial charge in [0, 0.05) is 12.0 Å². The number of nitrogens with zero attached hydrogens (tertiary/aromatic N) is 1. The number of benzene rings is 1. The van der Waals surface area contributed by atoms with Crippen molar-refractivity contribution in [2.45, 2.75) is 18.9 Å². The SMILES string of the molecule is O.O=C(O)CC[C@@H](C(=O)O)N(F)C(=O)c1ccccc1. The molecular weight excluding hydrogens is 273 g/mol. The van der Waals surface area contributed by atoms with Gasteiger partial charge in [-0.25, -0.2) is 4.79 Å². The highest BCUT2D eigenvalue weighted by Crippen LogP contribution is 2.13. The maximum absolute atomic E-state index is 13.8. The molecule has 1 atom stereocenters. The molecule has 0 aromatic heterocycles. The van der Waals surface area contributed by atoms with Crippen LogP contribution in [0.25, 0.3) is 0 Å².